The minimum absolute atomic E-state index is 0.00655. The lowest BCUT2D eigenvalue weighted by Crippen LogP contribution is -2.59. The molecule has 1 saturated heterocycles. The predicted octanol–water partition coefficient (Wildman–Crippen LogP) is 1.25. The molecule has 1 aromatic carbocycles. The molecule has 0 atom stereocenters. The van der Waals surface area contributed by atoms with Gasteiger partial charge in [-0.2, -0.15) is 0 Å². The average molecular weight is 290 g/mol. The van der Waals surface area contributed by atoms with Gasteiger partial charge in [-0.25, -0.2) is 4.79 Å². The van der Waals surface area contributed by atoms with Crippen LogP contribution >= 0.6 is 0 Å². The molecule has 0 radical (unpaired) electrons. The van der Waals surface area contributed by atoms with Gasteiger partial charge in [-0.05, 0) is 19.4 Å². The molecule has 0 aliphatic carbocycles. The number of nitrogens with two attached hydrogens (primary N) is 1. The monoisotopic (exact) mass is 290 g/mol. The lowest BCUT2D eigenvalue weighted by Gasteiger charge is -2.43. The van der Waals surface area contributed by atoms with Crippen molar-refractivity contribution in [1.82, 2.24) is 15.1 Å². The Morgan fingerprint density at radius 2 is 1.81 bits per heavy atom. The number of hydrogen-bond acceptors (Lipinski definition) is 3. The van der Waals surface area contributed by atoms with Crippen LogP contribution in [0.25, 0.3) is 0 Å². The van der Waals surface area contributed by atoms with E-state index in [2.05, 4.69) is 24.1 Å². The molecule has 1 fully saturated rings. The van der Waals surface area contributed by atoms with E-state index in [4.69, 9.17) is 5.73 Å². The molecule has 0 saturated carbocycles. The summed E-state index contributed by atoms with van der Waals surface area (Å²) < 4.78 is 0. The average Bonchev–Trinajstić information content (AvgIpc) is 2.53. The molecule has 1 aromatic rings. The van der Waals surface area contributed by atoms with E-state index in [9.17, 15) is 4.79 Å². The number of urea groups is 1. The number of hydrogen-bond donors (Lipinski definition) is 2. The molecule has 2 rings (SSSR count). The molecule has 5 heteroatoms. The van der Waals surface area contributed by atoms with Gasteiger partial charge in [0.25, 0.3) is 0 Å². The van der Waals surface area contributed by atoms with Gasteiger partial charge in [0.05, 0.1) is 0 Å². The van der Waals surface area contributed by atoms with Gasteiger partial charge in [0.1, 0.15) is 0 Å². The van der Waals surface area contributed by atoms with Gasteiger partial charge < -0.3 is 16.0 Å². The summed E-state index contributed by atoms with van der Waals surface area (Å²) in [5.74, 6) is 0. The van der Waals surface area contributed by atoms with Gasteiger partial charge in [0.15, 0.2) is 0 Å². The van der Waals surface area contributed by atoms with Crippen molar-refractivity contribution in [2.75, 3.05) is 32.7 Å². The summed E-state index contributed by atoms with van der Waals surface area (Å²) in [6, 6.07) is 9.99. The van der Waals surface area contributed by atoms with Crippen LogP contribution in [0.3, 0.4) is 0 Å². The number of piperazine rings is 1. The summed E-state index contributed by atoms with van der Waals surface area (Å²) >= 11 is 0. The fourth-order valence-corrected chi connectivity index (χ4v) is 2.53. The lowest BCUT2D eigenvalue weighted by molar-refractivity contribution is 0.0685. The van der Waals surface area contributed by atoms with E-state index in [0.29, 0.717) is 13.1 Å². The Hall–Kier alpha value is -1.59. The van der Waals surface area contributed by atoms with E-state index >= 15 is 0 Å². The van der Waals surface area contributed by atoms with Crippen LogP contribution in [0.1, 0.15) is 19.4 Å². The Morgan fingerprint density at radius 1 is 1.19 bits per heavy atom. The van der Waals surface area contributed by atoms with Crippen LogP contribution in [0.2, 0.25) is 0 Å². The van der Waals surface area contributed by atoms with Crippen LogP contribution in [0, 0.1) is 0 Å². The second kappa shape index (κ2) is 6.91. The Balaban J connectivity index is 1.78. The van der Waals surface area contributed by atoms with E-state index in [1.54, 1.807) is 0 Å². The highest BCUT2D eigenvalue weighted by atomic mass is 16.2. The number of carbonyl (C=O) groups is 1. The Kier molecular flexibility index (Phi) is 5.20. The van der Waals surface area contributed by atoms with E-state index in [1.165, 1.54) is 0 Å². The van der Waals surface area contributed by atoms with Gasteiger partial charge in [0, 0.05) is 44.8 Å². The fraction of sp³-hybridized carbons (Fsp3) is 0.562. The molecular formula is C16H26N4O. The zero-order valence-corrected chi connectivity index (χ0v) is 13.0. The van der Waals surface area contributed by atoms with Gasteiger partial charge >= 0.3 is 6.03 Å². The van der Waals surface area contributed by atoms with Crippen molar-refractivity contribution in [3.63, 3.8) is 0 Å². The zero-order chi connectivity index (χ0) is 15.3. The Morgan fingerprint density at radius 3 is 2.38 bits per heavy atom. The maximum atomic E-state index is 12.2. The van der Waals surface area contributed by atoms with E-state index in [1.807, 2.05) is 35.2 Å². The van der Waals surface area contributed by atoms with Gasteiger partial charge in [0.2, 0.25) is 0 Å². The summed E-state index contributed by atoms with van der Waals surface area (Å²) in [6.07, 6.45) is 0. The van der Waals surface area contributed by atoms with Crippen LogP contribution in [0.4, 0.5) is 4.79 Å². The van der Waals surface area contributed by atoms with Crippen LogP contribution in [0.5, 0.6) is 0 Å². The van der Waals surface area contributed by atoms with Crippen molar-refractivity contribution in [3.8, 4) is 0 Å². The normalized spacial score (nSPS) is 16.8. The lowest BCUT2D eigenvalue weighted by atomic mass is 10.0. The number of nitrogens with one attached hydrogen (secondary N) is 1. The van der Waals surface area contributed by atoms with Crippen molar-refractivity contribution in [3.05, 3.63) is 35.9 Å². The Labute approximate surface area is 127 Å². The minimum atomic E-state index is 0.00655. The highest BCUT2D eigenvalue weighted by Crippen LogP contribution is 2.15. The smallest absolute Gasteiger partial charge is 0.317 e. The third kappa shape index (κ3) is 4.19. The van der Waals surface area contributed by atoms with Crippen LogP contribution in [-0.2, 0) is 6.54 Å². The highest BCUT2D eigenvalue weighted by Gasteiger charge is 2.29. The van der Waals surface area contributed by atoms with E-state index in [-0.39, 0.29) is 11.6 Å². The van der Waals surface area contributed by atoms with Gasteiger partial charge in [-0.1, -0.05) is 30.3 Å². The van der Waals surface area contributed by atoms with Crippen LogP contribution < -0.4 is 11.1 Å². The number of benzene rings is 1. The van der Waals surface area contributed by atoms with Crippen LogP contribution in [0.15, 0.2) is 30.3 Å². The summed E-state index contributed by atoms with van der Waals surface area (Å²) in [5, 5.41) is 2.98. The predicted molar refractivity (Wildman–Crippen MR) is 85.0 cm³/mol. The molecule has 0 spiro atoms. The second-order valence-corrected chi connectivity index (χ2v) is 6.13. The second-order valence-electron chi connectivity index (χ2n) is 6.13. The molecule has 5 nitrogen and oxygen atoms in total. The van der Waals surface area contributed by atoms with Crippen LogP contribution in [-0.4, -0.2) is 54.1 Å². The molecule has 1 aliphatic rings. The molecule has 1 heterocycles. The van der Waals surface area contributed by atoms with Crippen molar-refractivity contribution in [2.45, 2.75) is 25.9 Å². The standard InChI is InChI=1S/C16H26N4O/c1-16(2,13-17)20-10-8-19(9-11-20)15(21)18-12-14-6-4-3-5-7-14/h3-7H,8-13,17H2,1-2H3,(H,18,21). The molecule has 21 heavy (non-hydrogen) atoms. The maximum absolute atomic E-state index is 12.2. The molecule has 0 aromatic heterocycles. The van der Waals surface area contributed by atoms with Crippen molar-refractivity contribution < 1.29 is 4.79 Å². The first kappa shape index (κ1) is 15.8. The number of amides is 2. The molecule has 0 unspecified atom stereocenters. The number of rotatable bonds is 4. The quantitative estimate of drug-likeness (QED) is 0.877. The van der Waals surface area contributed by atoms with Crippen molar-refractivity contribution >= 4 is 6.03 Å². The molecule has 0 bridgehead atoms. The molecule has 1 aliphatic heterocycles. The summed E-state index contributed by atoms with van der Waals surface area (Å²) in [6.45, 7) is 8.78. The Bertz CT molecular complexity index is 453. The number of carbonyl (C=O) groups excluding carboxylic acids is 1. The largest absolute Gasteiger partial charge is 0.334 e. The first-order valence-electron chi connectivity index (χ1n) is 7.55. The molecule has 2 amide bonds. The zero-order valence-electron chi connectivity index (χ0n) is 13.0. The van der Waals surface area contributed by atoms with Crippen molar-refractivity contribution in [1.29, 1.82) is 0 Å². The highest BCUT2D eigenvalue weighted by molar-refractivity contribution is 5.74. The molecule has 3 N–H and O–H groups in total. The van der Waals surface area contributed by atoms with Gasteiger partial charge in [-0.15, -0.1) is 0 Å². The topological polar surface area (TPSA) is 61.6 Å². The SMILES string of the molecule is CC(C)(CN)N1CCN(C(=O)NCc2ccccc2)CC1. The first-order chi connectivity index (χ1) is 10.0. The van der Waals surface area contributed by atoms with E-state index in [0.717, 1.165) is 31.7 Å². The third-order valence-corrected chi connectivity index (χ3v) is 4.21. The van der Waals surface area contributed by atoms with Crippen molar-refractivity contribution in [2.24, 2.45) is 5.73 Å². The minimum Gasteiger partial charge on any atom is -0.334 e. The summed E-state index contributed by atoms with van der Waals surface area (Å²) in [7, 11) is 0. The fourth-order valence-electron chi connectivity index (χ4n) is 2.53. The molecular weight excluding hydrogens is 264 g/mol. The van der Waals surface area contributed by atoms with Gasteiger partial charge in [-0.3, -0.25) is 4.90 Å². The summed E-state index contributed by atoms with van der Waals surface area (Å²) in [4.78, 5) is 16.4. The summed E-state index contributed by atoms with van der Waals surface area (Å²) in [5.41, 5.74) is 6.93. The van der Waals surface area contributed by atoms with E-state index < -0.39 is 0 Å². The third-order valence-electron chi connectivity index (χ3n) is 4.21. The first-order valence-corrected chi connectivity index (χ1v) is 7.55. The maximum Gasteiger partial charge on any atom is 0.317 e. The number of nitrogens with zero attached hydrogens (tertiary/aromatic N) is 2. The molecule has 116 valence electrons.